The van der Waals surface area contributed by atoms with Crippen molar-refractivity contribution in [3.05, 3.63) is 0 Å². The van der Waals surface area contributed by atoms with E-state index in [1.165, 1.54) is 6.42 Å². The molecule has 2 saturated carbocycles. The zero-order valence-corrected chi connectivity index (χ0v) is 15.8. The smallest absolute Gasteiger partial charge is 0.312 e. The quantitative estimate of drug-likeness (QED) is 0.777. The summed E-state index contributed by atoms with van der Waals surface area (Å²) in [5.74, 6) is 0.273. The van der Waals surface area contributed by atoms with E-state index in [9.17, 15) is 4.79 Å². The van der Waals surface area contributed by atoms with Gasteiger partial charge in [-0.2, -0.15) is 0 Å². The number of nitrogens with two attached hydrogens (primary N) is 1. The lowest BCUT2D eigenvalue weighted by atomic mass is 9.57. The first kappa shape index (κ1) is 18.2. The second-order valence-corrected chi connectivity index (χ2v) is 8.56. The number of ether oxygens (including phenoxy) is 2. The molecule has 2 N–H and O–H groups in total. The molecule has 24 heavy (non-hydrogen) atoms. The van der Waals surface area contributed by atoms with Crippen LogP contribution in [0.1, 0.15) is 47.0 Å². The standard InChI is InChI=1S/C19H34N2O3/c1-5-24-16(22)15(13-20)19(21-8-10-23-11-9-21)12-14-6-7-18(19,4)17(14,2)3/h14-15H,5-13,20H2,1-4H3/t14-,15-,18+,19-/m1/s1. The van der Waals surface area contributed by atoms with E-state index in [1.807, 2.05) is 6.92 Å². The third kappa shape index (κ3) is 2.20. The predicted molar refractivity (Wildman–Crippen MR) is 93.5 cm³/mol. The van der Waals surface area contributed by atoms with Gasteiger partial charge in [-0.05, 0) is 42.9 Å². The van der Waals surface area contributed by atoms with Crippen LogP contribution in [0, 0.1) is 22.7 Å². The van der Waals surface area contributed by atoms with E-state index in [-0.39, 0.29) is 28.3 Å². The molecule has 1 heterocycles. The van der Waals surface area contributed by atoms with Crippen LogP contribution in [0.5, 0.6) is 0 Å². The van der Waals surface area contributed by atoms with Gasteiger partial charge >= 0.3 is 5.97 Å². The Kier molecular flexibility index (Phi) is 4.73. The summed E-state index contributed by atoms with van der Waals surface area (Å²) in [5, 5.41) is 0. The van der Waals surface area contributed by atoms with Crippen LogP contribution in [-0.4, -0.2) is 55.9 Å². The van der Waals surface area contributed by atoms with Crippen molar-refractivity contribution in [3.8, 4) is 0 Å². The lowest BCUT2D eigenvalue weighted by Crippen LogP contribution is -2.68. The predicted octanol–water partition coefficient (Wildman–Crippen LogP) is 2.04. The average molecular weight is 338 g/mol. The van der Waals surface area contributed by atoms with Crippen molar-refractivity contribution in [2.75, 3.05) is 39.5 Å². The summed E-state index contributed by atoms with van der Waals surface area (Å²) in [6.07, 6.45) is 3.48. The molecular formula is C19H34N2O3. The van der Waals surface area contributed by atoms with E-state index in [2.05, 4.69) is 25.7 Å². The molecule has 0 unspecified atom stereocenters. The maximum atomic E-state index is 12.9. The molecule has 2 bridgehead atoms. The summed E-state index contributed by atoms with van der Waals surface area (Å²) in [7, 11) is 0. The number of hydrogen-bond donors (Lipinski definition) is 1. The number of morpholine rings is 1. The van der Waals surface area contributed by atoms with Crippen molar-refractivity contribution in [1.82, 2.24) is 4.90 Å². The Hall–Kier alpha value is -0.650. The molecular weight excluding hydrogens is 304 g/mol. The lowest BCUT2D eigenvalue weighted by Gasteiger charge is -2.58. The summed E-state index contributed by atoms with van der Waals surface area (Å²) < 4.78 is 11.1. The van der Waals surface area contributed by atoms with E-state index in [4.69, 9.17) is 15.2 Å². The minimum absolute atomic E-state index is 0.0683. The fourth-order valence-electron chi connectivity index (χ4n) is 6.25. The molecule has 3 aliphatic rings. The Morgan fingerprint density at radius 3 is 2.46 bits per heavy atom. The molecule has 1 saturated heterocycles. The molecule has 1 aliphatic heterocycles. The average Bonchev–Trinajstić information content (AvgIpc) is 2.89. The monoisotopic (exact) mass is 338 g/mol. The Labute approximate surface area is 146 Å². The lowest BCUT2D eigenvalue weighted by molar-refractivity contribution is -0.168. The van der Waals surface area contributed by atoms with Gasteiger partial charge in [0.25, 0.3) is 0 Å². The van der Waals surface area contributed by atoms with Crippen LogP contribution in [0.15, 0.2) is 0 Å². The van der Waals surface area contributed by atoms with E-state index < -0.39 is 0 Å². The molecule has 0 aromatic heterocycles. The SMILES string of the molecule is CCOC(=O)[C@@H](CN)[C@]1(N2CCOCC2)C[C@H]2CC[C@@]1(C)C2(C)C. The van der Waals surface area contributed by atoms with Crippen molar-refractivity contribution in [2.45, 2.75) is 52.5 Å². The van der Waals surface area contributed by atoms with Crippen LogP contribution in [0.3, 0.4) is 0 Å². The maximum absolute atomic E-state index is 12.9. The van der Waals surface area contributed by atoms with Gasteiger partial charge in [0.05, 0.1) is 25.7 Å². The summed E-state index contributed by atoms with van der Waals surface area (Å²) in [6.45, 7) is 13.1. The third-order valence-corrected chi connectivity index (χ3v) is 7.91. The first-order valence-corrected chi connectivity index (χ1v) is 9.54. The highest BCUT2D eigenvalue weighted by Crippen LogP contribution is 2.72. The number of carbonyl (C=O) groups excluding carboxylic acids is 1. The van der Waals surface area contributed by atoms with Gasteiger partial charge in [-0.25, -0.2) is 0 Å². The molecule has 0 amide bonds. The highest BCUT2D eigenvalue weighted by atomic mass is 16.5. The van der Waals surface area contributed by atoms with Crippen LogP contribution < -0.4 is 5.73 Å². The number of hydrogen-bond acceptors (Lipinski definition) is 5. The fourth-order valence-corrected chi connectivity index (χ4v) is 6.25. The number of carbonyl (C=O) groups is 1. The van der Waals surface area contributed by atoms with E-state index in [1.54, 1.807) is 0 Å². The van der Waals surface area contributed by atoms with Crippen LogP contribution in [0.4, 0.5) is 0 Å². The van der Waals surface area contributed by atoms with Gasteiger partial charge in [-0.15, -0.1) is 0 Å². The van der Waals surface area contributed by atoms with E-state index in [0.717, 1.165) is 39.1 Å². The van der Waals surface area contributed by atoms with Gasteiger partial charge < -0.3 is 15.2 Å². The third-order valence-electron chi connectivity index (χ3n) is 7.91. The molecule has 138 valence electrons. The Morgan fingerprint density at radius 1 is 1.33 bits per heavy atom. The summed E-state index contributed by atoms with van der Waals surface area (Å²) >= 11 is 0. The molecule has 2 aliphatic carbocycles. The van der Waals surface area contributed by atoms with E-state index >= 15 is 0 Å². The van der Waals surface area contributed by atoms with Crippen molar-refractivity contribution in [3.63, 3.8) is 0 Å². The van der Waals surface area contributed by atoms with Crippen molar-refractivity contribution in [1.29, 1.82) is 0 Å². The summed E-state index contributed by atoms with van der Waals surface area (Å²) in [4.78, 5) is 15.4. The molecule has 5 heteroatoms. The Morgan fingerprint density at radius 2 is 2.00 bits per heavy atom. The second kappa shape index (κ2) is 6.26. The molecule has 0 aromatic carbocycles. The van der Waals surface area contributed by atoms with Crippen LogP contribution >= 0.6 is 0 Å². The molecule has 0 radical (unpaired) electrons. The fraction of sp³-hybridized carbons (Fsp3) is 0.947. The molecule has 5 nitrogen and oxygen atoms in total. The Balaban J connectivity index is 2.07. The van der Waals surface area contributed by atoms with Gasteiger partial charge in [0.2, 0.25) is 0 Å². The molecule has 0 spiro atoms. The first-order chi connectivity index (χ1) is 11.3. The van der Waals surface area contributed by atoms with Crippen molar-refractivity contribution >= 4 is 5.97 Å². The van der Waals surface area contributed by atoms with Gasteiger partial charge in [0.15, 0.2) is 0 Å². The van der Waals surface area contributed by atoms with Gasteiger partial charge in [-0.3, -0.25) is 9.69 Å². The zero-order chi connectivity index (χ0) is 17.6. The topological polar surface area (TPSA) is 64.8 Å². The second-order valence-electron chi connectivity index (χ2n) is 8.56. The largest absolute Gasteiger partial charge is 0.466 e. The minimum Gasteiger partial charge on any atom is -0.466 e. The van der Waals surface area contributed by atoms with Gasteiger partial charge in [0.1, 0.15) is 0 Å². The van der Waals surface area contributed by atoms with Crippen LogP contribution in [0.2, 0.25) is 0 Å². The molecule has 4 atom stereocenters. The zero-order valence-electron chi connectivity index (χ0n) is 15.8. The van der Waals surface area contributed by atoms with Crippen molar-refractivity contribution < 1.29 is 14.3 Å². The Bertz CT molecular complexity index is 489. The molecule has 3 fully saturated rings. The van der Waals surface area contributed by atoms with Crippen LogP contribution in [0.25, 0.3) is 0 Å². The van der Waals surface area contributed by atoms with Crippen LogP contribution in [-0.2, 0) is 14.3 Å². The minimum atomic E-state index is -0.259. The molecule has 3 rings (SSSR count). The number of fused-ring (bicyclic) bond motifs is 2. The van der Waals surface area contributed by atoms with Gasteiger partial charge in [0, 0.05) is 25.2 Å². The van der Waals surface area contributed by atoms with Crippen molar-refractivity contribution in [2.24, 2.45) is 28.4 Å². The normalized spacial score (nSPS) is 39.8. The first-order valence-electron chi connectivity index (χ1n) is 9.54. The van der Waals surface area contributed by atoms with Gasteiger partial charge in [-0.1, -0.05) is 20.8 Å². The summed E-state index contributed by atoms with van der Waals surface area (Å²) in [5.41, 5.74) is 6.27. The maximum Gasteiger partial charge on any atom is 0.312 e. The number of esters is 1. The molecule has 0 aromatic rings. The number of rotatable bonds is 5. The highest BCUT2D eigenvalue weighted by molar-refractivity contribution is 5.75. The highest BCUT2D eigenvalue weighted by Gasteiger charge is 2.73. The number of nitrogens with zero attached hydrogens (tertiary/aromatic N) is 1. The van der Waals surface area contributed by atoms with E-state index in [0.29, 0.717) is 19.1 Å². The summed E-state index contributed by atoms with van der Waals surface area (Å²) in [6, 6.07) is 0.